The van der Waals surface area contributed by atoms with E-state index in [4.69, 9.17) is 0 Å². The standard InChI is InChI=1S/C15H20N2O2S/c1-10(2)11(3)16-14(18)8-17-12-6-4-5-7-13(12)20-9-15(17)19/h4-7,10-11H,8-9H2,1-3H3,(H,16,18)/t11-/m1/s1. The van der Waals surface area contributed by atoms with E-state index in [0.29, 0.717) is 11.7 Å². The number of nitrogens with zero attached hydrogens (tertiary/aromatic N) is 1. The highest BCUT2D eigenvalue weighted by atomic mass is 32.2. The average molecular weight is 292 g/mol. The number of benzene rings is 1. The van der Waals surface area contributed by atoms with Crippen molar-refractivity contribution in [3.63, 3.8) is 0 Å². The number of fused-ring (bicyclic) bond motifs is 1. The second-order valence-electron chi connectivity index (χ2n) is 5.34. The lowest BCUT2D eigenvalue weighted by Gasteiger charge is -2.29. The Labute approximate surface area is 123 Å². The van der Waals surface area contributed by atoms with E-state index in [9.17, 15) is 9.59 Å². The first-order valence-corrected chi connectivity index (χ1v) is 7.79. The summed E-state index contributed by atoms with van der Waals surface area (Å²) in [7, 11) is 0. The summed E-state index contributed by atoms with van der Waals surface area (Å²) >= 11 is 1.52. The van der Waals surface area contributed by atoms with Gasteiger partial charge in [-0.15, -0.1) is 11.8 Å². The third kappa shape index (κ3) is 3.33. The number of amides is 2. The zero-order valence-electron chi connectivity index (χ0n) is 12.1. The molecule has 0 radical (unpaired) electrons. The fourth-order valence-electron chi connectivity index (χ4n) is 1.94. The van der Waals surface area contributed by atoms with Crippen molar-refractivity contribution >= 4 is 29.3 Å². The summed E-state index contributed by atoms with van der Waals surface area (Å²) in [5, 5.41) is 2.94. The van der Waals surface area contributed by atoms with Gasteiger partial charge >= 0.3 is 0 Å². The van der Waals surface area contributed by atoms with Gasteiger partial charge in [0.1, 0.15) is 6.54 Å². The van der Waals surface area contributed by atoms with Crippen LogP contribution in [0, 0.1) is 5.92 Å². The van der Waals surface area contributed by atoms with Crippen LogP contribution in [0.5, 0.6) is 0 Å². The van der Waals surface area contributed by atoms with Crippen molar-refractivity contribution in [3.05, 3.63) is 24.3 Å². The van der Waals surface area contributed by atoms with Crippen LogP contribution in [0.4, 0.5) is 5.69 Å². The minimum Gasteiger partial charge on any atom is -0.352 e. The first-order valence-electron chi connectivity index (χ1n) is 6.80. The predicted octanol–water partition coefficient (Wildman–Crippen LogP) is 2.29. The highest BCUT2D eigenvalue weighted by Gasteiger charge is 2.26. The minimum atomic E-state index is -0.110. The van der Waals surface area contributed by atoms with Crippen molar-refractivity contribution in [2.24, 2.45) is 5.92 Å². The van der Waals surface area contributed by atoms with E-state index < -0.39 is 0 Å². The second-order valence-corrected chi connectivity index (χ2v) is 6.35. The largest absolute Gasteiger partial charge is 0.352 e. The smallest absolute Gasteiger partial charge is 0.240 e. The molecule has 0 fully saturated rings. The van der Waals surface area contributed by atoms with Gasteiger partial charge in [0.25, 0.3) is 0 Å². The first kappa shape index (κ1) is 14.9. The number of carbonyl (C=O) groups excluding carboxylic acids is 2. The molecule has 0 saturated heterocycles. The number of hydrogen-bond acceptors (Lipinski definition) is 3. The Bertz CT molecular complexity index is 516. The highest BCUT2D eigenvalue weighted by Crippen LogP contribution is 2.34. The van der Waals surface area contributed by atoms with Gasteiger partial charge in [-0.3, -0.25) is 9.59 Å². The molecule has 4 nitrogen and oxygen atoms in total. The Balaban J connectivity index is 2.09. The Morgan fingerprint density at radius 1 is 1.35 bits per heavy atom. The topological polar surface area (TPSA) is 49.4 Å². The fraction of sp³-hybridized carbons (Fsp3) is 0.467. The van der Waals surface area contributed by atoms with E-state index in [1.807, 2.05) is 31.2 Å². The van der Waals surface area contributed by atoms with Crippen molar-refractivity contribution in [3.8, 4) is 0 Å². The van der Waals surface area contributed by atoms with Gasteiger partial charge in [-0.1, -0.05) is 26.0 Å². The van der Waals surface area contributed by atoms with Crippen LogP contribution in [0.1, 0.15) is 20.8 Å². The van der Waals surface area contributed by atoms with Crippen molar-refractivity contribution in [2.75, 3.05) is 17.2 Å². The molecule has 0 spiro atoms. The zero-order valence-corrected chi connectivity index (χ0v) is 12.9. The lowest BCUT2D eigenvalue weighted by atomic mass is 10.1. The van der Waals surface area contributed by atoms with Gasteiger partial charge in [-0.25, -0.2) is 0 Å². The molecule has 1 atom stereocenters. The van der Waals surface area contributed by atoms with Crippen LogP contribution >= 0.6 is 11.8 Å². The van der Waals surface area contributed by atoms with Gasteiger partial charge in [0.05, 0.1) is 11.4 Å². The van der Waals surface area contributed by atoms with Crippen LogP contribution in [-0.2, 0) is 9.59 Å². The average Bonchev–Trinajstić information content (AvgIpc) is 2.42. The molecule has 20 heavy (non-hydrogen) atoms. The second kappa shape index (κ2) is 6.31. The molecule has 1 aromatic rings. The van der Waals surface area contributed by atoms with Gasteiger partial charge in [-0.2, -0.15) is 0 Å². The van der Waals surface area contributed by atoms with Gasteiger partial charge in [0.15, 0.2) is 0 Å². The maximum atomic E-state index is 12.1. The molecule has 2 rings (SSSR count). The van der Waals surface area contributed by atoms with E-state index in [2.05, 4.69) is 19.2 Å². The lowest BCUT2D eigenvalue weighted by molar-refractivity contribution is -0.123. The van der Waals surface area contributed by atoms with Crippen molar-refractivity contribution in [2.45, 2.75) is 31.7 Å². The molecule has 0 saturated carbocycles. The van der Waals surface area contributed by atoms with Gasteiger partial charge in [0.2, 0.25) is 11.8 Å². The number of thioether (sulfide) groups is 1. The molecule has 5 heteroatoms. The van der Waals surface area contributed by atoms with E-state index in [0.717, 1.165) is 10.6 Å². The predicted molar refractivity (Wildman–Crippen MR) is 82.0 cm³/mol. The van der Waals surface area contributed by atoms with E-state index in [-0.39, 0.29) is 24.4 Å². The van der Waals surface area contributed by atoms with Crippen molar-refractivity contribution in [1.82, 2.24) is 5.32 Å². The SMILES string of the molecule is CC(C)[C@@H](C)NC(=O)CN1C(=O)CSc2ccccc21. The normalized spacial score (nSPS) is 16.0. The van der Waals surface area contributed by atoms with E-state index >= 15 is 0 Å². The molecule has 0 aromatic heterocycles. The third-order valence-electron chi connectivity index (χ3n) is 3.50. The fourth-order valence-corrected chi connectivity index (χ4v) is 2.87. The number of anilines is 1. The van der Waals surface area contributed by atoms with Crippen LogP contribution < -0.4 is 10.2 Å². The molecule has 1 heterocycles. The van der Waals surface area contributed by atoms with Crippen LogP contribution in [0.3, 0.4) is 0 Å². The first-order chi connectivity index (χ1) is 9.49. The summed E-state index contributed by atoms with van der Waals surface area (Å²) in [6, 6.07) is 7.81. The number of para-hydroxylation sites is 1. The van der Waals surface area contributed by atoms with Crippen LogP contribution in [0.25, 0.3) is 0 Å². The quantitative estimate of drug-likeness (QED) is 0.926. The van der Waals surface area contributed by atoms with Gasteiger partial charge in [0, 0.05) is 10.9 Å². The molecule has 0 unspecified atom stereocenters. The lowest BCUT2D eigenvalue weighted by Crippen LogP contribution is -2.46. The van der Waals surface area contributed by atoms with Gasteiger partial charge < -0.3 is 10.2 Å². The molecule has 1 aliphatic heterocycles. The maximum absolute atomic E-state index is 12.1. The number of rotatable bonds is 4. The third-order valence-corrected chi connectivity index (χ3v) is 4.55. The monoisotopic (exact) mass is 292 g/mol. The van der Waals surface area contributed by atoms with Crippen LogP contribution in [0.2, 0.25) is 0 Å². The summed E-state index contributed by atoms with van der Waals surface area (Å²) in [6.45, 7) is 6.18. The van der Waals surface area contributed by atoms with E-state index in [1.54, 1.807) is 4.90 Å². The van der Waals surface area contributed by atoms with Crippen LogP contribution in [-0.4, -0.2) is 30.2 Å². The molecule has 1 aliphatic rings. The van der Waals surface area contributed by atoms with Crippen LogP contribution in [0.15, 0.2) is 29.2 Å². The molecule has 1 aromatic carbocycles. The maximum Gasteiger partial charge on any atom is 0.240 e. The summed E-state index contributed by atoms with van der Waals surface area (Å²) in [5.41, 5.74) is 0.834. The van der Waals surface area contributed by atoms with Gasteiger partial charge in [-0.05, 0) is 25.0 Å². The summed E-state index contributed by atoms with van der Waals surface area (Å²) < 4.78 is 0. The molecule has 1 N–H and O–H groups in total. The molecular weight excluding hydrogens is 272 g/mol. The van der Waals surface area contributed by atoms with Crippen molar-refractivity contribution in [1.29, 1.82) is 0 Å². The molecule has 2 amide bonds. The summed E-state index contributed by atoms with van der Waals surface area (Å²) in [5.74, 6) is 0.644. The Kier molecular flexibility index (Phi) is 4.70. The Morgan fingerprint density at radius 2 is 2.05 bits per heavy atom. The molecule has 108 valence electrons. The highest BCUT2D eigenvalue weighted by molar-refractivity contribution is 8.00. The number of carbonyl (C=O) groups is 2. The Morgan fingerprint density at radius 3 is 2.75 bits per heavy atom. The summed E-state index contributed by atoms with van der Waals surface area (Å²) in [4.78, 5) is 26.7. The Hall–Kier alpha value is -1.49. The number of nitrogens with one attached hydrogen (secondary N) is 1. The zero-order chi connectivity index (χ0) is 14.7. The molecule has 0 bridgehead atoms. The molecular formula is C15H20N2O2S. The number of hydrogen-bond donors (Lipinski definition) is 1. The van der Waals surface area contributed by atoms with Crippen molar-refractivity contribution < 1.29 is 9.59 Å². The molecule has 0 aliphatic carbocycles. The minimum absolute atomic E-state index is 0.0129. The summed E-state index contributed by atoms with van der Waals surface area (Å²) in [6.07, 6.45) is 0. The van der Waals surface area contributed by atoms with E-state index in [1.165, 1.54) is 11.8 Å².